The van der Waals surface area contributed by atoms with Crippen LogP contribution in [0.2, 0.25) is 0 Å². The molecule has 5 nitrogen and oxygen atoms in total. The van der Waals surface area contributed by atoms with Gasteiger partial charge in [0.15, 0.2) is 0 Å². The molecule has 0 spiro atoms. The number of piperidine rings is 1. The van der Waals surface area contributed by atoms with Crippen LogP contribution in [0.1, 0.15) is 55.5 Å². The number of nitrogens with zero attached hydrogens (tertiary/aromatic N) is 1. The Morgan fingerprint density at radius 2 is 1.91 bits per heavy atom. The zero-order valence-electron chi connectivity index (χ0n) is 14.1. The summed E-state index contributed by atoms with van der Waals surface area (Å²) in [7, 11) is 3.41. The minimum Gasteiger partial charge on any atom is -0.444 e. The number of ether oxygens (including phenoxy) is 1. The van der Waals surface area contributed by atoms with Crippen LogP contribution in [-0.2, 0) is 4.74 Å². The fraction of sp³-hybridized carbons (Fsp3) is 0.500. The molecule has 2 rings (SSSR count). The van der Waals surface area contributed by atoms with Crippen molar-refractivity contribution in [2.45, 2.75) is 45.1 Å². The number of rotatable bonds is 2. The van der Waals surface area contributed by atoms with Crippen LogP contribution in [0, 0.1) is 7.05 Å². The van der Waals surface area contributed by atoms with Crippen LogP contribution < -0.4 is 5.32 Å². The second-order valence-corrected chi connectivity index (χ2v) is 6.87. The molecule has 125 valence electrons. The quantitative estimate of drug-likeness (QED) is 0.910. The average Bonchev–Trinajstić information content (AvgIpc) is 2.53. The molecule has 1 aromatic rings. The summed E-state index contributed by atoms with van der Waals surface area (Å²) in [6.07, 6.45) is 1.49. The van der Waals surface area contributed by atoms with Crippen molar-refractivity contribution >= 4 is 12.0 Å². The van der Waals surface area contributed by atoms with Gasteiger partial charge in [0.1, 0.15) is 5.60 Å². The molecular formula is C18H25N2O3. The van der Waals surface area contributed by atoms with E-state index in [0.29, 0.717) is 24.6 Å². The van der Waals surface area contributed by atoms with Crippen molar-refractivity contribution in [3.8, 4) is 0 Å². The summed E-state index contributed by atoms with van der Waals surface area (Å²) in [5.41, 5.74) is 1.28. The molecule has 1 aliphatic rings. The van der Waals surface area contributed by atoms with E-state index in [2.05, 4.69) is 12.4 Å². The van der Waals surface area contributed by atoms with Crippen molar-refractivity contribution in [1.29, 1.82) is 0 Å². The Kier molecular flexibility index (Phi) is 5.29. The Morgan fingerprint density at radius 3 is 2.48 bits per heavy atom. The number of benzene rings is 1. The third kappa shape index (κ3) is 4.71. The number of carbonyl (C=O) groups excluding carboxylic acids is 2. The van der Waals surface area contributed by atoms with Crippen LogP contribution in [0.5, 0.6) is 0 Å². The highest BCUT2D eigenvalue weighted by molar-refractivity contribution is 5.94. The molecule has 0 atom stereocenters. The van der Waals surface area contributed by atoms with Crippen LogP contribution in [0.25, 0.3) is 0 Å². The SMILES string of the molecule is [CH2]NC(=O)c1cccc(C2CCN(C(=O)OC(C)(C)C)CC2)c1. The van der Waals surface area contributed by atoms with Gasteiger partial charge >= 0.3 is 6.09 Å². The summed E-state index contributed by atoms with van der Waals surface area (Å²) in [5, 5.41) is 2.40. The first kappa shape index (κ1) is 17.3. The number of carbonyl (C=O) groups is 2. The molecule has 1 heterocycles. The van der Waals surface area contributed by atoms with E-state index < -0.39 is 5.60 Å². The average molecular weight is 317 g/mol. The molecule has 0 unspecified atom stereocenters. The van der Waals surface area contributed by atoms with Gasteiger partial charge in [0, 0.05) is 25.7 Å². The summed E-state index contributed by atoms with van der Waals surface area (Å²) in [6, 6.07) is 7.61. The lowest BCUT2D eigenvalue weighted by Gasteiger charge is -2.33. The minimum absolute atomic E-state index is 0.182. The number of nitrogens with one attached hydrogen (secondary N) is 1. The van der Waals surface area contributed by atoms with Crippen molar-refractivity contribution in [3.05, 3.63) is 42.4 Å². The van der Waals surface area contributed by atoms with E-state index in [1.54, 1.807) is 11.0 Å². The van der Waals surface area contributed by atoms with E-state index in [1.165, 1.54) is 0 Å². The lowest BCUT2D eigenvalue weighted by molar-refractivity contribution is 0.0205. The second-order valence-electron chi connectivity index (χ2n) is 6.87. The fourth-order valence-electron chi connectivity index (χ4n) is 2.76. The Hall–Kier alpha value is -2.04. The summed E-state index contributed by atoms with van der Waals surface area (Å²) in [6.45, 7) is 6.96. The number of likely N-dealkylation sites (tertiary alicyclic amines) is 1. The maximum atomic E-state index is 12.1. The maximum absolute atomic E-state index is 12.1. The molecule has 1 fully saturated rings. The van der Waals surface area contributed by atoms with Crippen molar-refractivity contribution in [2.24, 2.45) is 0 Å². The van der Waals surface area contributed by atoms with Crippen molar-refractivity contribution in [3.63, 3.8) is 0 Å². The highest BCUT2D eigenvalue weighted by atomic mass is 16.6. The molecule has 0 aromatic heterocycles. The lowest BCUT2D eigenvalue weighted by Crippen LogP contribution is -2.41. The van der Waals surface area contributed by atoms with E-state index >= 15 is 0 Å². The Bertz CT molecular complexity index is 570. The first-order valence-electron chi connectivity index (χ1n) is 7.95. The first-order chi connectivity index (χ1) is 10.8. The largest absolute Gasteiger partial charge is 0.444 e. The first-order valence-corrected chi connectivity index (χ1v) is 7.95. The molecule has 1 aromatic carbocycles. The third-order valence-corrected chi connectivity index (χ3v) is 3.93. The van der Waals surface area contributed by atoms with E-state index in [1.807, 2.05) is 39.0 Å². The molecule has 1 saturated heterocycles. The number of hydrogen-bond donors (Lipinski definition) is 1. The molecule has 2 amide bonds. The van der Waals surface area contributed by atoms with E-state index in [9.17, 15) is 9.59 Å². The third-order valence-electron chi connectivity index (χ3n) is 3.93. The molecule has 0 bridgehead atoms. The predicted molar refractivity (Wildman–Crippen MR) is 89.0 cm³/mol. The molecule has 1 radical (unpaired) electrons. The van der Waals surface area contributed by atoms with Crippen molar-refractivity contribution in [2.75, 3.05) is 13.1 Å². The van der Waals surface area contributed by atoms with Gasteiger partial charge in [0.25, 0.3) is 5.91 Å². The molecule has 0 saturated carbocycles. The molecule has 1 N–H and O–H groups in total. The van der Waals surface area contributed by atoms with Gasteiger partial charge in [-0.15, -0.1) is 0 Å². The van der Waals surface area contributed by atoms with Crippen molar-refractivity contribution in [1.82, 2.24) is 10.2 Å². The van der Waals surface area contributed by atoms with Gasteiger partial charge < -0.3 is 15.0 Å². The Labute approximate surface area is 138 Å². The van der Waals surface area contributed by atoms with E-state index in [0.717, 1.165) is 18.4 Å². The van der Waals surface area contributed by atoms with E-state index in [-0.39, 0.29) is 12.0 Å². The van der Waals surface area contributed by atoms with Crippen molar-refractivity contribution < 1.29 is 14.3 Å². The number of hydrogen-bond acceptors (Lipinski definition) is 3. The summed E-state index contributed by atoms with van der Waals surface area (Å²) >= 11 is 0. The van der Waals surface area contributed by atoms with Crippen LogP contribution in [-0.4, -0.2) is 35.6 Å². The van der Waals surface area contributed by atoms with Crippen LogP contribution >= 0.6 is 0 Å². The highest BCUT2D eigenvalue weighted by Gasteiger charge is 2.27. The van der Waals surface area contributed by atoms with Crippen LogP contribution in [0.3, 0.4) is 0 Å². The summed E-state index contributed by atoms with van der Waals surface area (Å²) in [4.78, 5) is 25.5. The molecule has 5 heteroatoms. The van der Waals surface area contributed by atoms with Gasteiger partial charge in [-0.3, -0.25) is 4.79 Å². The predicted octanol–water partition coefficient (Wildman–Crippen LogP) is 3.32. The van der Waals surface area contributed by atoms with Gasteiger partial charge in [-0.2, -0.15) is 0 Å². The van der Waals surface area contributed by atoms with Gasteiger partial charge in [0.05, 0.1) is 0 Å². The molecular weight excluding hydrogens is 292 g/mol. The zero-order chi connectivity index (χ0) is 17.0. The monoisotopic (exact) mass is 317 g/mol. The lowest BCUT2D eigenvalue weighted by atomic mass is 9.88. The van der Waals surface area contributed by atoms with E-state index in [4.69, 9.17) is 4.74 Å². The van der Waals surface area contributed by atoms with Crippen LogP contribution in [0.15, 0.2) is 24.3 Å². The maximum Gasteiger partial charge on any atom is 0.410 e. The fourth-order valence-corrected chi connectivity index (χ4v) is 2.76. The topological polar surface area (TPSA) is 58.6 Å². The zero-order valence-corrected chi connectivity index (χ0v) is 14.1. The standard InChI is InChI=1S/C18H25N2O3/c1-18(2,3)23-17(22)20-10-8-13(9-11-20)14-6-5-7-15(12-14)16(21)19-4/h5-7,12-13H,4,8-11H2,1-3H3,(H,19,21). The Morgan fingerprint density at radius 1 is 1.26 bits per heavy atom. The highest BCUT2D eigenvalue weighted by Crippen LogP contribution is 2.29. The summed E-state index contributed by atoms with van der Waals surface area (Å²) in [5.74, 6) is 0.171. The molecule has 0 aliphatic carbocycles. The molecule has 1 aliphatic heterocycles. The summed E-state index contributed by atoms with van der Waals surface area (Å²) < 4.78 is 5.41. The molecule has 23 heavy (non-hydrogen) atoms. The van der Waals surface area contributed by atoms with Gasteiger partial charge in [-0.1, -0.05) is 12.1 Å². The van der Waals surface area contributed by atoms with Gasteiger partial charge in [-0.05, 0) is 57.2 Å². The van der Waals surface area contributed by atoms with Gasteiger partial charge in [-0.25, -0.2) is 4.79 Å². The number of amides is 2. The van der Waals surface area contributed by atoms with Gasteiger partial charge in [0.2, 0.25) is 0 Å². The van der Waals surface area contributed by atoms with Crippen LogP contribution in [0.4, 0.5) is 4.79 Å². The normalized spacial score (nSPS) is 16.1. The smallest absolute Gasteiger partial charge is 0.410 e. The minimum atomic E-state index is -0.468. The Balaban J connectivity index is 1.97. The second kappa shape index (κ2) is 7.02.